The second kappa shape index (κ2) is 9.46. The van der Waals surface area contributed by atoms with Crippen LogP contribution in [-0.2, 0) is 25.5 Å². The third kappa shape index (κ3) is 4.45. The number of fused-ring (bicyclic) bond motifs is 1. The lowest BCUT2D eigenvalue weighted by Gasteiger charge is -2.34. The SMILES string of the molecule is COC(=O)C(=O)O[C@H]1Cc2c(OC)cc(OC)cc2O[C@H]1c1ccc(OC)c(OC)c1. The smallest absolute Gasteiger partial charge is 0.417 e. The van der Waals surface area contributed by atoms with Crippen LogP contribution in [0.25, 0.3) is 0 Å². The predicted molar refractivity (Wildman–Crippen MR) is 108 cm³/mol. The van der Waals surface area contributed by atoms with E-state index >= 15 is 0 Å². The minimum atomic E-state index is -1.11. The third-order valence-corrected chi connectivity index (χ3v) is 4.94. The van der Waals surface area contributed by atoms with Crippen molar-refractivity contribution in [2.24, 2.45) is 0 Å². The maximum atomic E-state index is 12.2. The third-order valence-electron chi connectivity index (χ3n) is 4.94. The summed E-state index contributed by atoms with van der Waals surface area (Å²) >= 11 is 0. The summed E-state index contributed by atoms with van der Waals surface area (Å²) in [7, 11) is 7.21. The fourth-order valence-corrected chi connectivity index (χ4v) is 3.41. The van der Waals surface area contributed by atoms with Crippen molar-refractivity contribution >= 4 is 11.9 Å². The molecule has 0 saturated carbocycles. The topological polar surface area (TPSA) is 98.8 Å². The van der Waals surface area contributed by atoms with Crippen LogP contribution < -0.4 is 23.7 Å². The Hall–Kier alpha value is -3.62. The summed E-state index contributed by atoms with van der Waals surface area (Å²) in [6.07, 6.45) is -1.33. The van der Waals surface area contributed by atoms with E-state index in [1.165, 1.54) is 28.4 Å². The first-order valence-corrected chi connectivity index (χ1v) is 9.38. The lowest BCUT2D eigenvalue weighted by molar-refractivity contribution is -0.173. The standard InChI is InChI=1S/C22H24O9/c1-25-13-9-16(27-3)14-11-19(31-22(24)21(23)29-5)20(30-17(14)10-13)12-6-7-15(26-2)18(8-12)28-4/h6-10,19-20H,11H2,1-5H3/t19-,20-/m0/s1. The minimum Gasteiger partial charge on any atom is -0.496 e. The molecule has 2 aromatic rings. The molecule has 31 heavy (non-hydrogen) atoms. The van der Waals surface area contributed by atoms with Gasteiger partial charge in [-0.05, 0) is 12.1 Å². The summed E-state index contributed by atoms with van der Waals surface area (Å²) in [5.41, 5.74) is 1.34. The van der Waals surface area contributed by atoms with Gasteiger partial charge >= 0.3 is 11.9 Å². The molecule has 0 aliphatic carbocycles. The Balaban J connectivity index is 2.06. The van der Waals surface area contributed by atoms with Crippen LogP contribution in [0, 0.1) is 0 Å². The highest BCUT2D eigenvalue weighted by molar-refractivity contribution is 6.29. The molecule has 0 aromatic heterocycles. The number of rotatable bonds is 6. The van der Waals surface area contributed by atoms with E-state index in [-0.39, 0.29) is 6.42 Å². The Morgan fingerprint density at radius 1 is 0.839 bits per heavy atom. The Morgan fingerprint density at radius 2 is 1.55 bits per heavy atom. The maximum absolute atomic E-state index is 12.2. The van der Waals surface area contributed by atoms with Crippen LogP contribution in [-0.4, -0.2) is 53.6 Å². The lowest BCUT2D eigenvalue weighted by atomic mass is 9.93. The van der Waals surface area contributed by atoms with Crippen molar-refractivity contribution in [3.8, 4) is 28.7 Å². The van der Waals surface area contributed by atoms with Gasteiger partial charge in [0, 0.05) is 29.7 Å². The summed E-state index contributed by atoms with van der Waals surface area (Å²) in [6, 6.07) is 8.65. The van der Waals surface area contributed by atoms with Crippen molar-refractivity contribution in [1.82, 2.24) is 0 Å². The first-order chi connectivity index (χ1) is 14.9. The van der Waals surface area contributed by atoms with Crippen molar-refractivity contribution < 1.29 is 42.7 Å². The average molecular weight is 432 g/mol. The van der Waals surface area contributed by atoms with Crippen LogP contribution in [0.3, 0.4) is 0 Å². The van der Waals surface area contributed by atoms with Gasteiger partial charge in [0.05, 0.1) is 35.5 Å². The lowest BCUT2D eigenvalue weighted by Crippen LogP contribution is -2.37. The van der Waals surface area contributed by atoms with Gasteiger partial charge in [-0.3, -0.25) is 0 Å². The van der Waals surface area contributed by atoms with Crippen molar-refractivity contribution in [2.45, 2.75) is 18.6 Å². The summed E-state index contributed by atoms with van der Waals surface area (Å²) < 4.78 is 37.6. The fraction of sp³-hybridized carbons (Fsp3) is 0.364. The molecule has 166 valence electrons. The molecule has 0 saturated heterocycles. The van der Waals surface area contributed by atoms with Crippen LogP contribution in [0.15, 0.2) is 30.3 Å². The van der Waals surface area contributed by atoms with Gasteiger partial charge in [-0.1, -0.05) is 6.07 Å². The number of carbonyl (C=O) groups excluding carboxylic acids is 2. The van der Waals surface area contributed by atoms with E-state index < -0.39 is 24.1 Å². The zero-order chi connectivity index (χ0) is 22.5. The minimum absolute atomic E-state index is 0.240. The monoisotopic (exact) mass is 432 g/mol. The van der Waals surface area contributed by atoms with E-state index in [4.69, 9.17) is 28.4 Å². The van der Waals surface area contributed by atoms with Gasteiger partial charge in [-0.2, -0.15) is 0 Å². The Kier molecular flexibility index (Phi) is 6.74. The number of methoxy groups -OCH3 is 5. The van der Waals surface area contributed by atoms with E-state index in [1.54, 1.807) is 30.3 Å². The summed E-state index contributed by atoms with van der Waals surface area (Å²) in [5, 5.41) is 0. The molecule has 1 aliphatic rings. The predicted octanol–water partition coefficient (Wildman–Crippen LogP) is 2.48. The molecule has 1 aliphatic heterocycles. The summed E-state index contributed by atoms with van der Waals surface area (Å²) in [6.45, 7) is 0. The fourth-order valence-electron chi connectivity index (χ4n) is 3.41. The molecule has 3 rings (SSSR count). The van der Waals surface area contributed by atoms with Crippen molar-refractivity contribution in [3.05, 3.63) is 41.5 Å². The highest BCUT2D eigenvalue weighted by Crippen LogP contribution is 2.44. The Morgan fingerprint density at radius 3 is 2.16 bits per heavy atom. The normalized spacial score (nSPS) is 16.9. The summed E-state index contributed by atoms with van der Waals surface area (Å²) in [4.78, 5) is 23.8. The maximum Gasteiger partial charge on any atom is 0.417 e. The largest absolute Gasteiger partial charge is 0.496 e. The Labute approximate surface area is 179 Å². The number of ether oxygens (including phenoxy) is 7. The van der Waals surface area contributed by atoms with Gasteiger partial charge < -0.3 is 33.2 Å². The number of esters is 2. The molecule has 0 spiro atoms. The molecule has 9 nitrogen and oxygen atoms in total. The molecule has 9 heteroatoms. The van der Waals surface area contributed by atoms with Crippen LogP contribution >= 0.6 is 0 Å². The van der Waals surface area contributed by atoms with Crippen molar-refractivity contribution in [3.63, 3.8) is 0 Å². The molecule has 2 aromatic carbocycles. The number of carbonyl (C=O) groups is 2. The van der Waals surface area contributed by atoms with Crippen molar-refractivity contribution in [1.29, 1.82) is 0 Å². The highest BCUT2D eigenvalue weighted by atomic mass is 16.6. The van der Waals surface area contributed by atoms with E-state index in [2.05, 4.69) is 4.74 Å². The molecule has 1 heterocycles. The zero-order valence-electron chi connectivity index (χ0n) is 17.9. The molecular formula is C22H24O9. The molecule has 0 fully saturated rings. The van der Waals surface area contributed by atoms with Crippen LogP contribution in [0.4, 0.5) is 0 Å². The number of benzene rings is 2. The molecule has 2 atom stereocenters. The van der Waals surface area contributed by atoms with Gasteiger partial charge in [-0.25, -0.2) is 9.59 Å². The first kappa shape index (κ1) is 22.1. The second-order valence-corrected chi connectivity index (χ2v) is 6.60. The molecule has 0 radical (unpaired) electrons. The van der Waals surface area contributed by atoms with Gasteiger partial charge in [0.1, 0.15) is 23.4 Å². The molecule has 0 bridgehead atoms. The number of hydrogen-bond acceptors (Lipinski definition) is 9. The van der Waals surface area contributed by atoms with Crippen molar-refractivity contribution in [2.75, 3.05) is 35.5 Å². The molecule has 0 N–H and O–H groups in total. The van der Waals surface area contributed by atoms with E-state index in [0.29, 0.717) is 39.9 Å². The van der Waals surface area contributed by atoms with Crippen LogP contribution in [0.1, 0.15) is 17.2 Å². The Bertz CT molecular complexity index is 970. The van der Waals surface area contributed by atoms with Gasteiger partial charge in [0.25, 0.3) is 0 Å². The molecular weight excluding hydrogens is 408 g/mol. The molecule has 0 unspecified atom stereocenters. The van der Waals surface area contributed by atoms with E-state index in [1.807, 2.05) is 0 Å². The first-order valence-electron chi connectivity index (χ1n) is 9.38. The van der Waals surface area contributed by atoms with E-state index in [9.17, 15) is 9.59 Å². The molecule has 0 amide bonds. The zero-order valence-corrected chi connectivity index (χ0v) is 17.9. The van der Waals surface area contributed by atoms with Gasteiger partial charge in [-0.15, -0.1) is 0 Å². The second-order valence-electron chi connectivity index (χ2n) is 6.60. The van der Waals surface area contributed by atoms with Crippen LogP contribution in [0.5, 0.6) is 28.7 Å². The highest BCUT2D eigenvalue weighted by Gasteiger charge is 2.38. The van der Waals surface area contributed by atoms with Gasteiger partial charge in [0.15, 0.2) is 17.6 Å². The van der Waals surface area contributed by atoms with Crippen LogP contribution in [0.2, 0.25) is 0 Å². The van der Waals surface area contributed by atoms with E-state index in [0.717, 1.165) is 7.11 Å². The average Bonchev–Trinajstić information content (AvgIpc) is 2.81. The number of hydrogen-bond donors (Lipinski definition) is 0. The summed E-state index contributed by atoms with van der Waals surface area (Å²) in [5.74, 6) is 0.382. The van der Waals surface area contributed by atoms with Gasteiger partial charge in [0.2, 0.25) is 0 Å². The quantitative estimate of drug-likeness (QED) is 0.503.